The van der Waals surface area contributed by atoms with Gasteiger partial charge in [-0.15, -0.1) is 11.3 Å². The van der Waals surface area contributed by atoms with Crippen molar-refractivity contribution in [3.8, 4) is 0 Å². The quantitative estimate of drug-likeness (QED) is 0.766. The summed E-state index contributed by atoms with van der Waals surface area (Å²) in [5.74, 6) is 0.153. The second-order valence-electron chi connectivity index (χ2n) is 6.67. The van der Waals surface area contributed by atoms with E-state index in [0.29, 0.717) is 6.04 Å². The number of hydrogen-bond donors (Lipinski definition) is 1. The fourth-order valence-corrected chi connectivity index (χ4v) is 4.79. The van der Waals surface area contributed by atoms with Gasteiger partial charge in [0.15, 0.2) is 0 Å². The van der Waals surface area contributed by atoms with Gasteiger partial charge in [0.1, 0.15) is 0 Å². The van der Waals surface area contributed by atoms with E-state index in [0.717, 1.165) is 30.6 Å². The van der Waals surface area contributed by atoms with Gasteiger partial charge in [-0.25, -0.2) is 0 Å². The molecular weight excluding hydrogens is 302 g/mol. The van der Waals surface area contributed by atoms with Crippen LogP contribution in [0.15, 0.2) is 24.3 Å². The van der Waals surface area contributed by atoms with Crippen molar-refractivity contribution >= 4 is 27.3 Å². The summed E-state index contributed by atoms with van der Waals surface area (Å²) in [5, 5.41) is 4.60. The van der Waals surface area contributed by atoms with Crippen molar-refractivity contribution in [2.24, 2.45) is 0 Å². The molecule has 0 spiro atoms. The van der Waals surface area contributed by atoms with Crippen LogP contribution in [0.1, 0.15) is 73.5 Å². The molecule has 3 heteroatoms. The molecule has 1 aliphatic carbocycles. The lowest BCUT2D eigenvalue weighted by Gasteiger charge is -2.21. The van der Waals surface area contributed by atoms with Crippen LogP contribution in [0.5, 0.6) is 0 Å². The third-order valence-corrected chi connectivity index (χ3v) is 6.06. The number of rotatable bonds is 4. The zero-order valence-electron chi connectivity index (χ0n) is 14.1. The highest BCUT2D eigenvalue weighted by molar-refractivity contribution is 7.21. The lowest BCUT2D eigenvalue weighted by Crippen LogP contribution is -2.35. The molecule has 1 fully saturated rings. The topological polar surface area (TPSA) is 29.1 Å². The minimum Gasteiger partial charge on any atom is -0.349 e. The van der Waals surface area contributed by atoms with Gasteiger partial charge in [0.05, 0.1) is 4.88 Å². The van der Waals surface area contributed by atoms with Gasteiger partial charge in [-0.3, -0.25) is 4.79 Å². The molecule has 0 atom stereocenters. The number of hydrogen-bond acceptors (Lipinski definition) is 2. The Hall–Kier alpha value is -1.35. The molecule has 1 saturated carbocycles. The number of fused-ring (bicyclic) bond motifs is 1. The number of carbonyl (C=O) groups is 1. The Labute approximate surface area is 143 Å². The molecule has 1 aliphatic rings. The molecule has 23 heavy (non-hydrogen) atoms. The third kappa shape index (κ3) is 3.95. The lowest BCUT2D eigenvalue weighted by atomic mass is 9.96. The van der Waals surface area contributed by atoms with Crippen LogP contribution in [-0.4, -0.2) is 11.9 Å². The van der Waals surface area contributed by atoms with E-state index < -0.39 is 0 Å². The third-order valence-electron chi connectivity index (χ3n) is 4.84. The molecule has 3 rings (SSSR count). The fraction of sp³-hybridized carbons (Fsp3) is 0.550. The first-order valence-electron chi connectivity index (χ1n) is 9.11. The molecule has 1 amide bonds. The maximum Gasteiger partial charge on any atom is 0.261 e. The Morgan fingerprint density at radius 1 is 1.13 bits per heavy atom. The van der Waals surface area contributed by atoms with Crippen molar-refractivity contribution in [3.63, 3.8) is 0 Å². The van der Waals surface area contributed by atoms with E-state index in [-0.39, 0.29) is 5.91 Å². The maximum atomic E-state index is 12.9. The smallest absolute Gasteiger partial charge is 0.261 e. The van der Waals surface area contributed by atoms with Crippen molar-refractivity contribution in [3.05, 3.63) is 34.7 Å². The average molecular weight is 330 g/mol. The first-order chi connectivity index (χ1) is 11.3. The predicted octanol–water partition coefficient (Wildman–Crippen LogP) is 5.70. The Balaban J connectivity index is 1.80. The Kier molecular flexibility index (Phi) is 5.71. The van der Waals surface area contributed by atoms with E-state index in [4.69, 9.17) is 0 Å². The minimum absolute atomic E-state index is 0.153. The molecule has 124 valence electrons. The van der Waals surface area contributed by atoms with Crippen LogP contribution in [0.4, 0.5) is 0 Å². The molecule has 2 aromatic rings. The molecule has 0 radical (unpaired) electrons. The van der Waals surface area contributed by atoms with Crippen LogP contribution in [0.25, 0.3) is 10.1 Å². The molecule has 1 heterocycles. The Morgan fingerprint density at radius 3 is 2.57 bits per heavy atom. The number of nitrogens with one attached hydrogen (secondary N) is 1. The summed E-state index contributed by atoms with van der Waals surface area (Å²) in [5.41, 5.74) is 1.25. The predicted molar refractivity (Wildman–Crippen MR) is 99.4 cm³/mol. The molecule has 0 saturated heterocycles. The summed E-state index contributed by atoms with van der Waals surface area (Å²) < 4.78 is 1.23. The van der Waals surface area contributed by atoms with Crippen molar-refractivity contribution in [2.45, 2.75) is 70.8 Å². The summed E-state index contributed by atoms with van der Waals surface area (Å²) in [6.07, 6.45) is 10.8. The van der Waals surface area contributed by atoms with Gasteiger partial charge in [0, 0.05) is 10.7 Å². The fourth-order valence-electron chi connectivity index (χ4n) is 3.63. The summed E-state index contributed by atoms with van der Waals surface area (Å²) in [4.78, 5) is 13.8. The SMILES string of the molecule is CCCc1c(C(=O)NC2CCCCCCC2)sc2ccccc12. The first-order valence-corrected chi connectivity index (χ1v) is 9.92. The van der Waals surface area contributed by atoms with E-state index >= 15 is 0 Å². The first kappa shape index (κ1) is 16.5. The summed E-state index contributed by atoms with van der Waals surface area (Å²) in [6, 6.07) is 8.78. The maximum absolute atomic E-state index is 12.9. The van der Waals surface area contributed by atoms with Gasteiger partial charge in [-0.1, -0.05) is 63.6 Å². The molecule has 1 aromatic heterocycles. The van der Waals surface area contributed by atoms with Crippen molar-refractivity contribution in [1.82, 2.24) is 5.32 Å². The highest BCUT2D eigenvalue weighted by Gasteiger charge is 2.20. The van der Waals surface area contributed by atoms with Crippen LogP contribution in [0, 0.1) is 0 Å². The number of thiophene rings is 1. The van der Waals surface area contributed by atoms with Crippen molar-refractivity contribution in [1.29, 1.82) is 0 Å². The van der Waals surface area contributed by atoms with E-state index in [1.165, 1.54) is 47.8 Å². The molecular formula is C20H27NOS. The molecule has 0 aliphatic heterocycles. The zero-order valence-corrected chi connectivity index (χ0v) is 14.9. The summed E-state index contributed by atoms with van der Waals surface area (Å²) in [7, 11) is 0. The highest BCUT2D eigenvalue weighted by atomic mass is 32.1. The second-order valence-corrected chi connectivity index (χ2v) is 7.72. The number of aryl methyl sites for hydroxylation is 1. The second kappa shape index (κ2) is 7.96. The minimum atomic E-state index is 0.153. The normalized spacial score (nSPS) is 16.9. The molecule has 2 nitrogen and oxygen atoms in total. The van der Waals surface area contributed by atoms with Gasteiger partial charge in [-0.2, -0.15) is 0 Å². The van der Waals surface area contributed by atoms with Gasteiger partial charge < -0.3 is 5.32 Å². The number of carbonyl (C=O) groups excluding carboxylic acids is 1. The largest absolute Gasteiger partial charge is 0.349 e. The van der Waals surface area contributed by atoms with Crippen molar-refractivity contribution in [2.75, 3.05) is 0 Å². The van der Waals surface area contributed by atoms with Gasteiger partial charge >= 0.3 is 0 Å². The highest BCUT2D eigenvalue weighted by Crippen LogP contribution is 2.32. The van der Waals surface area contributed by atoms with E-state index in [9.17, 15) is 4.79 Å². The Bertz CT molecular complexity index is 653. The van der Waals surface area contributed by atoms with Gasteiger partial charge in [0.2, 0.25) is 0 Å². The molecule has 0 unspecified atom stereocenters. The summed E-state index contributed by atoms with van der Waals surface area (Å²) >= 11 is 1.66. The van der Waals surface area contributed by atoms with E-state index in [1.54, 1.807) is 11.3 Å². The molecule has 0 bridgehead atoms. The molecule has 1 aromatic carbocycles. The Morgan fingerprint density at radius 2 is 1.83 bits per heavy atom. The summed E-state index contributed by atoms with van der Waals surface area (Å²) in [6.45, 7) is 2.18. The van der Waals surface area contributed by atoms with Crippen LogP contribution in [0.3, 0.4) is 0 Å². The van der Waals surface area contributed by atoms with Crippen LogP contribution >= 0.6 is 11.3 Å². The van der Waals surface area contributed by atoms with Gasteiger partial charge in [0.25, 0.3) is 5.91 Å². The van der Waals surface area contributed by atoms with E-state index in [2.05, 4.69) is 36.5 Å². The van der Waals surface area contributed by atoms with E-state index in [1.807, 2.05) is 0 Å². The monoisotopic (exact) mass is 329 g/mol. The average Bonchev–Trinajstić information content (AvgIpc) is 2.89. The van der Waals surface area contributed by atoms with Crippen LogP contribution in [0.2, 0.25) is 0 Å². The van der Waals surface area contributed by atoms with Crippen molar-refractivity contribution < 1.29 is 4.79 Å². The van der Waals surface area contributed by atoms with Crippen LogP contribution < -0.4 is 5.32 Å². The number of benzene rings is 1. The standard InChI is InChI=1S/C20H27NOS/c1-2-10-17-16-13-8-9-14-18(16)23-19(17)20(22)21-15-11-6-4-3-5-7-12-15/h8-9,13-15H,2-7,10-12H2,1H3,(H,21,22). The van der Waals surface area contributed by atoms with Gasteiger partial charge in [-0.05, 0) is 36.3 Å². The molecule has 1 N–H and O–H groups in total. The zero-order chi connectivity index (χ0) is 16.1. The number of amides is 1. The van der Waals surface area contributed by atoms with Crippen LogP contribution in [-0.2, 0) is 6.42 Å². The lowest BCUT2D eigenvalue weighted by molar-refractivity contribution is 0.0934.